The van der Waals surface area contributed by atoms with Gasteiger partial charge >= 0.3 is 0 Å². The summed E-state index contributed by atoms with van der Waals surface area (Å²) in [5.74, 6) is 1.41. The molecule has 0 amide bonds. The van der Waals surface area contributed by atoms with Gasteiger partial charge in [-0.1, -0.05) is 0 Å². The predicted molar refractivity (Wildman–Crippen MR) is 72.2 cm³/mol. The molecular weight excluding hydrogens is 228 g/mol. The van der Waals surface area contributed by atoms with Gasteiger partial charge in [0.15, 0.2) is 0 Å². The minimum atomic E-state index is 0.640. The Labute approximate surface area is 106 Å². The molecule has 0 bridgehead atoms. The first-order chi connectivity index (χ1) is 8.58. The second-order valence-electron chi connectivity index (χ2n) is 4.18. The molecule has 6 heteroatoms. The fraction of sp³-hybridized carbons (Fsp3) is 0.417. The van der Waals surface area contributed by atoms with Gasteiger partial charge in [0.1, 0.15) is 5.82 Å². The molecule has 0 aliphatic rings. The summed E-state index contributed by atoms with van der Waals surface area (Å²) in [6.45, 7) is 6.73. The van der Waals surface area contributed by atoms with Gasteiger partial charge < -0.3 is 10.6 Å². The van der Waals surface area contributed by atoms with Crippen LogP contribution in [0.1, 0.15) is 18.3 Å². The van der Waals surface area contributed by atoms with Gasteiger partial charge in [0.05, 0.1) is 11.4 Å². The van der Waals surface area contributed by atoms with Crippen molar-refractivity contribution >= 4 is 17.5 Å². The van der Waals surface area contributed by atoms with E-state index in [0.29, 0.717) is 5.95 Å². The Morgan fingerprint density at radius 3 is 2.67 bits per heavy atom. The summed E-state index contributed by atoms with van der Waals surface area (Å²) in [6.07, 6.45) is 1.93. The number of nitrogens with one attached hydrogen (secondary N) is 2. The van der Waals surface area contributed by atoms with Crippen LogP contribution in [0.4, 0.5) is 17.5 Å². The molecule has 0 unspecified atom stereocenters. The van der Waals surface area contributed by atoms with Crippen LogP contribution in [-0.2, 0) is 7.05 Å². The Morgan fingerprint density at radius 2 is 2.06 bits per heavy atom. The van der Waals surface area contributed by atoms with Crippen molar-refractivity contribution in [2.75, 3.05) is 17.2 Å². The van der Waals surface area contributed by atoms with Gasteiger partial charge in [-0.2, -0.15) is 10.1 Å². The van der Waals surface area contributed by atoms with Crippen molar-refractivity contribution in [3.8, 4) is 0 Å². The van der Waals surface area contributed by atoms with Crippen LogP contribution < -0.4 is 10.6 Å². The van der Waals surface area contributed by atoms with E-state index in [4.69, 9.17) is 0 Å². The highest BCUT2D eigenvalue weighted by atomic mass is 15.3. The van der Waals surface area contributed by atoms with Gasteiger partial charge in [0.25, 0.3) is 0 Å². The van der Waals surface area contributed by atoms with Gasteiger partial charge in [0, 0.05) is 31.5 Å². The lowest BCUT2D eigenvalue weighted by Gasteiger charge is -2.08. The third-order valence-electron chi connectivity index (χ3n) is 2.47. The molecule has 0 radical (unpaired) electrons. The van der Waals surface area contributed by atoms with Crippen LogP contribution in [-0.4, -0.2) is 26.3 Å². The summed E-state index contributed by atoms with van der Waals surface area (Å²) < 4.78 is 1.77. The first kappa shape index (κ1) is 12.3. The lowest BCUT2D eigenvalue weighted by Crippen LogP contribution is -2.05. The highest BCUT2D eigenvalue weighted by Gasteiger charge is 2.06. The number of rotatable bonds is 4. The van der Waals surface area contributed by atoms with Crippen molar-refractivity contribution in [1.29, 1.82) is 0 Å². The van der Waals surface area contributed by atoms with Gasteiger partial charge in [-0.3, -0.25) is 4.68 Å². The van der Waals surface area contributed by atoms with E-state index in [1.165, 1.54) is 0 Å². The van der Waals surface area contributed by atoms with Crippen molar-refractivity contribution in [1.82, 2.24) is 19.7 Å². The zero-order valence-electron chi connectivity index (χ0n) is 11.2. The molecule has 0 spiro atoms. The van der Waals surface area contributed by atoms with Crippen LogP contribution in [0.5, 0.6) is 0 Å². The van der Waals surface area contributed by atoms with Crippen LogP contribution in [0.15, 0.2) is 12.3 Å². The number of hydrogen-bond acceptors (Lipinski definition) is 5. The molecule has 2 aromatic rings. The molecule has 0 saturated heterocycles. The van der Waals surface area contributed by atoms with Crippen molar-refractivity contribution < 1.29 is 0 Å². The molecule has 18 heavy (non-hydrogen) atoms. The normalized spacial score (nSPS) is 10.4. The average Bonchev–Trinajstić information content (AvgIpc) is 2.57. The molecule has 2 rings (SSSR count). The molecular formula is C12H18N6. The van der Waals surface area contributed by atoms with Crippen molar-refractivity contribution in [3.63, 3.8) is 0 Å². The van der Waals surface area contributed by atoms with E-state index >= 15 is 0 Å². The molecule has 0 saturated carbocycles. The summed E-state index contributed by atoms with van der Waals surface area (Å²) in [6, 6.07) is 1.91. The Bertz CT molecular complexity index is 545. The Hall–Kier alpha value is -2.11. The van der Waals surface area contributed by atoms with Crippen LogP contribution in [0.3, 0.4) is 0 Å². The maximum Gasteiger partial charge on any atom is 0.224 e. The number of nitrogens with zero attached hydrogens (tertiary/aromatic N) is 4. The van der Waals surface area contributed by atoms with E-state index in [-0.39, 0.29) is 0 Å². The first-order valence-electron chi connectivity index (χ1n) is 5.95. The lowest BCUT2D eigenvalue weighted by molar-refractivity contribution is 0.756. The average molecular weight is 246 g/mol. The summed E-state index contributed by atoms with van der Waals surface area (Å²) in [5, 5.41) is 10.7. The molecule has 6 nitrogen and oxygen atoms in total. The molecule has 0 aliphatic heterocycles. The molecule has 0 atom stereocenters. The van der Waals surface area contributed by atoms with Gasteiger partial charge in [0.2, 0.25) is 5.95 Å². The molecule has 2 aromatic heterocycles. The molecule has 2 heterocycles. The fourth-order valence-electron chi connectivity index (χ4n) is 1.73. The SMILES string of the molecule is CCNc1nc(C)cc(Nc2cn(C)nc2C)n1. The van der Waals surface area contributed by atoms with E-state index in [0.717, 1.165) is 29.4 Å². The predicted octanol–water partition coefficient (Wildman–Crippen LogP) is 2.00. The maximum absolute atomic E-state index is 4.40. The standard InChI is InChI=1S/C12H18N6/c1-5-13-12-14-8(2)6-11(16-12)15-10-7-18(4)17-9(10)3/h6-7H,5H2,1-4H3,(H2,13,14,15,16). The number of anilines is 3. The van der Waals surface area contributed by atoms with Crippen LogP contribution in [0, 0.1) is 13.8 Å². The fourth-order valence-corrected chi connectivity index (χ4v) is 1.73. The van der Waals surface area contributed by atoms with Crippen LogP contribution >= 0.6 is 0 Å². The minimum Gasteiger partial charge on any atom is -0.354 e. The van der Waals surface area contributed by atoms with E-state index < -0.39 is 0 Å². The van der Waals surface area contributed by atoms with Crippen molar-refractivity contribution in [3.05, 3.63) is 23.7 Å². The first-order valence-corrected chi connectivity index (χ1v) is 5.95. The third-order valence-corrected chi connectivity index (χ3v) is 2.47. The Kier molecular flexibility index (Phi) is 3.45. The zero-order chi connectivity index (χ0) is 13.1. The highest BCUT2D eigenvalue weighted by Crippen LogP contribution is 2.19. The van der Waals surface area contributed by atoms with Crippen LogP contribution in [0.2, 0.25) is 0 Å². The summed E-state index contributed by atoms with van der Waals surface area (Å²) in [4.78, 5) is 8.71. The van der Waals surface area contributed by atoms with Gasteiger partial charge in [-0.25, -0.2) is 4.98 Å². The van der Waals surface area contributed by atoms with Gasteiger partial charge in [-0.05, 0) is 20.8 Å². The van der Waals surface area contributed by atoms with Crippen molar-refractivity contribution in [2.24, 2.45) is 7.05 Å². The Balaban J connectivity index is 2.25. The van der Waals surface area contributed by atoms with Gasteiger partial charge in [-0.15, -0.1) is 0 Å². The molecule has 96 valence electrons. The number of hydrogen-bond donors (Lipinski definition) is 2. The topological polar surface area (TPSA) is 67.7 Å². The zero-order valence-corrected chi connectivity index (χ0v) is 11.2. The summed E-state index contributed by atoms with van der Waals surface area (Å²) in [7, 11) is 1.90. The molecule has 0 aliphatic carbocycles. The summed E-state index contributed by atoms with van der Waals surface area (Å²) in [5.41, 5.74) is 2.82. The molecule has 2 N–H and O–H groups in total. The lowest BCUT2D eigenvalue weighted by atomic mass is 10.3. The molecule has 0 aromatic carbocycles. The second kappa shape index (κ2) is 5.03. The number of aryl methyl sites for hydroxylation is 3. The van der Waals surface area contributed by atoms with Crippen molar-refractivity contribution in [2.45, 2.75) is 20.8 Å². The maximum atomic E-state index is 4.40. The quantitative estimate of drug-likeness (QED) is 0.863. The smallest absolute Gasteiger partial charge is 0.224 e. The number of aromatic nitrogens is 4. The monoisotopic (exact) mass is 246 g/mol. The molecule has 0 fully saturated rings. The Morgan fingerprint density at radius 1 is 1.28 bits per heavy atom. The third kappa shape index (κ3) is 2.77. The minimum absolute atomic E-state index is 0.640. The summed E-state index contributed by atoms with van der Waals surface area (Å²) >= 11 is 0. The van der Waals surface area contributed by atoms with E-state index in [9.17, 15) is 0 Å². The van der Waals surface area contributed by atoms with E-state index in [1.54, 1.807) is 4.68 Å². The van der Waals surface area contributed by atoms with Crippen LogP contribution in [0.25, 0.3) is 0 Å². The second-order valence-corrected chi connectivity index (χ2v) is 4.18. The highest BCUT2D eigenvalue weighted by molar-refractivity contribution is 5.58. The largest absolute Gasteiger partial charge is 0.354 e. The van der Waals surface area contributed by atoms with E-state index in [1.807, 2.05) is 40.1 Å². The van der Waals surface area contributed by atoms with E-state index in [2.05, 4.69) is 25.7 Å².